The minimum Gasteiger partial charge on any atom is -0.488 e. The first-order valence-electron chi connectivity index (χ1n) is 28.2. The van der Waals surface area contributed by atoms with Crippen molar-refractivity contribution in [3.05, 3.63) is 137 Å². The lowest BCUT2D eigenvalue weighted by Gasteiger charge is -2.36. The van der Waals surface area contributed by atoms with E-state index in [2.05, 4.69) is 46.0 Å². The van der Waals surface area contributed by atoms with Crippen molar-refractivity contribution >= 4 is 83.2 Å². The Morgan fingerprint density at radius 3 is 2.39 bits per heavy atom. The summed E-state index contributed by atoms with van der Waals surface area (Å²) in [5, 5.41) is 17.4. The second-order valence-corrected chi connectivity index (χ2v) is 25.8. The third kappa shape index (κ3) is 15.5. The number of amides is 1. The molecule has 2 aromatic heterocycles. The molecule has 0 radical (unpaired) electrons. The first-order chi connectivity index (χ1) is 40.9. The van der Waals surface area contributed by atoms with E-state index in [9.17, 15) is 26.4 Å². The zero-order valence-electron chi connectivity index (χ0n) is 48.5. The highest BCUT2D eigenvalue weighted by molar-refractivity contribution is 7.92. The number of rotatable bonds is 26. The number of aryl methyl sites for hydroxylation is 2. The van der Waals surface area contributed by atoms with Crippen molar-refractivity contribution in [2.75, 3.05) is 101 Å². The molecule has 5 aromatic carbocycles. The quantitative estimate of drug-likeness (QED) is 0.0345. The lowest BCUT2D eigenvalue weighted by molar-refractivity contribution is -0.143. The summed E-state index contributed by atoms with van der Waals surface area (Å²) >= 11 is 6.44. The predicted molar refractivity (Wildman–Crippen MR) is 325 cm³/mol. The fraction of sp³-hybridized carbons (Fsp3) is 0.400. The number of anilines is 5. The van der Waals surface area contributed by atoms with E-state index in [0.29, 0.717) is 59.6 Å². The molecule has 25 heteroatoms. The van der Waals surface area contributed by atoms with Gasteiger partial charge < -0.3 is 44.5 Å². The van der Waals surface area contributed by atoms with Gasteiger partial charge in [0.1, 0.15) is 38.6 Å². The van der Waals surface area contributed by atoms with Crippen LogP contribution in [0.4, 0.5) is 28.8 Å². The second-order valence-electron chi connectivity index (χ2n) is 21.0. The highest BCUT2D eigenvalue weighted by Crippen LogP contribution is 2.38. The fourth-order valence-electron chi connectivity index (χ4n) is 10.1. The number of hydrogen-bond acceptors (Lipinski definition) is 19. The highest BCUT2D eigenvalue weighted by atomic mass is 35.5. The number of sulfonamides is 1. The maximum absolute atomic E-state index is 14.0. The van der Waals surface area contributed by atoms with E-state index in [1.807, 2.05) is 62.4 Å². The molecule has 0 aliphatic carbocycles. The molecule has 2 atom stereocenters. The van der Waals surface area contributed by atoms with Crippen LogP contribution in [0.5, 0.6) is 11.5 Å². The Balaban J connectivity index is 0.700. The molecule has 9 rings (SSSR count). The third-order valence-electron chi connectivity index (χ3n) is 14.7. The summed E-state index contributed by atoms with van der Waals surface area (Å²) in [5.41, 5.74) is 6.34. The first-order valence-corrected chi connectivity index (χ1v) is 31.6. The van der Waals surface area contributed by atoms with Gasteiger partial charge in [-0.05, 0) is 118 Å². The zero-order chi connectivity index (χ0) is 60.3. The van der Waals surface area contributed by atoms with E-state index in [0.717, 1.165) is 60.8 Å². The van der Waals surface area contributed by atoms with Gasteiger partial charge in [0.2, 0.25) is 16.0 Å². The summed E-state index contributed by atoms with van der Waals surface area (Å²) in [4.78, 5) is 40.2. The number of carbonyl (C=O) groups is 2. The van der Waals surface area contributed by atoms with Gasteiger partial charge in [-0.15, -0.1) is 5.10 Å². The number of aromatic nitrogens is 5. The van der Waals surface area contributed by atoms with Crippen LogP contribution in [0.25, 0.3) is 11.0 Å². The standard InChI is InChI=1S/C60H72ClN11O11S2/c1-7-81-57(74)35-48(43-17-16-41(4)45(32-43)38-72-37-42(5)83-52-13-9-11-15-55(52)85(72,77)78)44-33-51-58(69(6)68-67-51)53(34-44)82-39-56(73)62-22-28-79-30-31-80-29-27-70-23-25-71(26-24-70)47-20-18-46(19-21-47)64-60-63-36-49(61)59(66-60)65-50-12-8-10-14-54(50)84(75,76)40(2)3/h8-21,32-34,36,40,42,48H,7,22-31,35,37-39H2,1-6H3,(H,62,73)(H2,63,64,65,66). The first kappa shape index (κ1) is 62.1. The molecule has 4 heterocycles. The molecule has 22 nitrogen and oxygen atoms in total. The number of sulfone groups is 1. The summed E-state index contributed by atoms with van der Waals surface area (Å²) in [6.07, 6.45) is 1.02. The van der Waals surface area contributed by atoms with Crippen LogP contribution in [0.1, 0.15) is 62.3 Å². The van der Waals surface area contributed by atoms with Crippen molar-refractivity contribution in [1.82, 2.24) is 39.5 Å². The number of benzene rings is 5. The summed E-state index contributed by atoms with van der Waals surface area (Å²) in [5.74, 6) is -0.130. The monoisotopic (exact) mass is 1220 g/mol. The van der Waals surface area contributed by atoms with Crippen molar-refractivity contribution in [3.8, 4) is 11.5 Å². The molecule has 2 unspecified atom stereocenters. The zero-order valence-corrected chi connectivity index (χ0v) is 50.9. The Bertz CT molecular complexity index is 3700. The van der Waals surface area contributed by atoms with E-state index in [-0.39, 0.29) is 72.4 Å². The number of piperazine rings is 1. The number of para-hydroxylation sites is 2. The van der Waals surface area contributed by atoms with Crippen LogP contribution in [-0.4, -0.2) is 160 Å². The summed E-state index contributed by atoms with van der Waals surface area (Å²) in [7, 11) is -5.76. The molecule has 1 saturated heterocycles. The average Bonchev–Trinajstić information content (AvgIpc) is 3.97. The van der Waals surface area contributed by atoms with Crippen LogP contribution in [0, 0.1) is 6.92 Å². The van der Waals surface area contributed by atoms with Crippen molar-refractivity contribution in [2.24, 2.45) is 7.05 Å². The molecule has 3 N–H and O–H groups in total. The van der Waals surface area contributed by atoms with Crippen LogP contribution >= 0.6 is 11.6 Å². The summed E-state index contributed by atoms with van der Waals surface area (Å²) in [6, 6.07) is 30.7. The minimum atomic E-state index is -3.92. The van der Waals surface area contributed by atoms with Crippen molar-refractivity contribution < 1.29 is 50.1 Å². The fourth-order valence-corrected chi connectivity index (χ4v) is 13.0. The summed E-state index contributed by atoms with van der Waals surface area (Å²) < 4.78 is 86.3. The van der Waals surface area contributed by atoms with Gasteiger partial charge >= 0.3 is 5.97 Å². The van der Waals surface area contributed by atoms with Crippen molar-refractivity contribution in [3.63, 3.8) is 0 Å². The number of hydrogen-bond donors (Lipinski definition) is 3. The SMILES string of the molecule is CCOC(=O)CC(c1ccc(C)c(CN2CC(C)Oc3ccccc3S2(=O)=O)c1)c1cc(OCC(=O)NCCOCCOCCN2CCN(c3ccc(Nc4ncc(Cl)c(Nc5ccccc5S(=O)(=O)C(C)C)n4)cc3)CC2)c2c(c1)nnn2C. The minimum absolute atomic E-state index is 0.0357. The van der Waals surface area contributed by atoms with Crippen LogP contribution in [0.15, 0.2) is 119 Å². The number of ether oxygens (including phenoxy) is 5. The van der Waals surface area contributed by atoms with Gasteiger partial charge in [0.05, 0.1) is 68.0 Å². The van der Waals surface area contributed by atoms with Gasteiger partial charge in [0, 0.05) is 70.2 Å². The van der Waals surface area contributed by atoms with Gasteiger partial charge in [-0.3, -0.25) is 14.5 Å². The number of nitrogens with zero attached hydrogens (tertiary/aromatic N) is 8. The maximum atomic E-state index is 14.0. The van der Waals surface area contributed by atoms with Gasteiger partial charge in [0.15, 0.2) is 22.3 Å². The molecule has 7 aromatic rings. The second kappa shape index (κ2) is 28.2. The van der Waals surface area contributed by atoms with Crippen LogP contribution in [-0.2, 0) is 57.3 Å². The molecule has 1 fully saturated rings. The van der Waals surface area contributed by atoms with Gasteiger partial charge in [-0.1, -0.05) is 59.3 Å². The van der Waals surface area contributed by atoms with Crippen LogP contribution in [0.2, 0.25) is 5.02 Å². The lowest BCUT2D eigenvalue weighted by Crippen LogP contribution is -2.47. The Hall–Kier alpha value is -7.45. The predicted octanol–water partition coefficient (Wildman–Crippen LogP) is 7.80. The molecule has 0 bridgehead atoms. The number of esters is 1. The highest BCUT2D eigenvalue weighted by Gasteiger charge is 2.34. The molecule has 1 amide bonds. The molecule has 85 heavy (non-hydrogen) atoms. The third-order valence-corrected chi connectivity index (χ3v) is 19.0. The number of halogens is 1. The summed E-state index contributed by atoms with van der Waals surface area (Å²) in [6.45, 7) is 15.0. The molecular weight excluding hydrogens is 1150 g/mol. The Kier molecular flexibility index (Phi) is 20.6. The van der Waals surface area contributed by atoms with E-state index < -0.39 is 43.1 Å². The Morgan fingerprint density at radius 2 is 1.62 bits per heavy atom. The number of nitrogens with one attached hydrogen (secondary N) is 3. The van der Waals surface area contributed by atoms with Crippen molar-refractivity contribution in [1.29, 1.82) is 0 Å². The smallest absolute Gasteiger partial charge is 0.306 e. The Labute approximate surface area is 501 Å². The van der Waals surface area contributed by atoms with E-state index in [4.69, 9.17) is 35.3 Å². The van der Waals surface area contributed by atoms with Crippen molar-refractivity contribution in [2.45, 2.75) is 74.6 Å². The van der Waals surface area contributed by atoms with E-state index >= 15 is 0 Å². The topological polar surface area (TPSA) is 251 Å². The van der Waals surface area contributed by atoms with E-state index in [1.165, 1.54) is 10.5 Å². The maximum Gasteiger partial charge on any atom is 0.306 e. The molecule has 2 aliphatic heterocycles. The van der Waals surface area contributed by atoms with Gasteiger partial charge in [-0.2, -0.15) is 9.29 Å². The van der Waals surface area contributed by atoms with Crippen LogP contribution in [0.3, 0.4) is 0 Å². The molecular formula is C60H72ClN11O11S2. The Morgan fingerprint density at radius 1 is 0.882 bits per heavy atom. The number of fused-ring (bicyclic) bond motifs is 2. The van der Waals surface area contributed by atoms with Crippen LogP contribution < -0.4 is 30.3 Å². The number of carbonyl (C=O) groups excluding carboxylic acids is 2. The van der Waals surface area contributed by atoms with Gasteiger partial charge in [-0.25, -0.2) is 26.5 Å². The largest absolute Gasteiger partial charge is 0.488 e. The molecule has 0 saturated carbocycles. The lowest BCUT2D eigenvalue weighted by atomic mass is 9.86. The van der Waals surface area contributed by atoms with E-state index in [1.54, 1.807) is 87.1 Å². The average molecular weight is 1220 g/mol. The molecule has 2 aliphatic rings. The normalized spacial score (nSPS) is 15.9. The molecule has 452 valence electrons. The van der Waals surface area contributed by atoms with Gasteiger partial charge in [0.25, 0.3) is 5.91 Å². The molecule has 0 spiro atoms.